The standard InChI is InChI=1S/C26H21N7OS/c1-3-23(34)29-16-10-15(12-27-13-16)19-5-6-20-24(30-19)25(33-32-20)21-11-18-17(8-9-28-26(18)31-21)22-7-4-14(2)35-22/h4-13H,3H2,1-2H3,(H,28,31)(H,29,34)(H,32,33). The third-order valence-electron chi connectivity index (χ3n) is 5.84. The molecule has 0 unspecified atom stereocenters. The number of nitrogens with zero attached hydrogens (tertiary/aromatic N) is 4. The van der Waals surface area contributed by atoms with Gasteiger partial charge in [0.05, 0.1) is 28.8 Å². The number of H-pyrrole nitrogens is 2. The molecule has 6 aromatic rings. The van der Waals surface area contributed by atoms with Crippen molar-refractivity contribution in [2.45, 2.75) is 20.3 Å². The average Bonchev–Trinajstić information content (AvgIpc) is 3.61. The van der Waals surface area contributed by atoms with Crippen LogP contribution in [-0.2, 0) is 4.79 Å². The van der Waals surface area contributed by atoms with E-state index >= 15 is 0 Å². The van der Waals surface area contributed by atoms with E-state index in [0.29, 0.717) is 12.1 Å². The molecule has 0 saturated carbocycles. The fourth-order valence-electron chi connectivity index (χ4n) is 4.09. The highest BCUT2D eigenvalue weighted by Crippen LogP contribution is 2.36. The minimum Gasteiger partial charge on any atom is -0.338 e. The summed E-state index contributed by atoms with van der Waals surface area (Å²) in [6, 6.07) is 14.1. The van der Waals surface area contributed by atoms with E-state index in [4.69, 9.17) is 4.98 Å². The molecule has 0 spiro atoms. The maximum atomic E-state index is 11.8. The second-order valence-electron chi connectivity index (χ2n) is 8.24. The van der Waals surface area contributed by atoms with Gasteiger partial charge in [-0.25, -0.2) is 9.97 Å². The third-order valence-corrected chi connectivity index (χ3v) is 6.87. The van der Waals surface area contributed by atoms with E-state index < -0.39 is 0 Å². The van der Waals surface area contributed by atoms with Crippen LogP contribution in [0.15, 0.2) is 61.1 Å². The number of thiophene rings is 1. The van der Waals surface area contributed by atoms with Crippen LogP contribution in [0.2, 0.25) is 0 Å². The predicted molar refractivity (Wildman–Crippen MR) is 139 cm³/mol. The van der Waals surface area contributed by atoms with Crippen molar-refractivity contribution in [2.75, 3.05) is 5.32 Å². The first kappa shape index (κ1) is 21.2. The minimum absolute atomic E-state index is 0.0611. The fraction of sp³-hybridized carbons (Fsp3) is 0.115. The van der Waals surface area contributed by atoms with E-state index in [0.717, 1.165) is 50.3 Å². The molecule has 9 heteroatoms. The third kappa shape index (κ3) is 3.85. The molecule has 0 fully saturated rings. The van der Waals surface area contributed by atoms with E-state index in [9.17, 15) is 4.79 Å². The van der Waals surface area contributed by atoms with Crippen molar-refractivity contribution < 1.29 is 4.79 Å². The number of fused-ring (bicyclic) bond motifs is 2. The summed E-state index contributed by atoms with van der Waals surface area (Å²) in [6.07, 6.45) is 5.59. The van der Waals surface area contributed by atoms with Crippen LogP contribution in [0, 0.1) is 6.92 Å². The van der Waals surface area contributed by atoms with Crippen molar-refractivity contribution in [3.63, 3.8) is 0 Å². The zero-order valence-electron chi connectivity index (χ0n) is 19.1. The van der Waals surface area contributed by atoms with Gasteiger partial charge in [0, 0.05) is 45.1 Å². The molecule has 172 valence electrons. The van der Waals surface area contributed by atoms with Crippen molar-refractivity contribution in [3.05, 3.63) is 65.9 Å². The molecule has 8 nitrogen and oxygen atoms in total. The Morgan fingerprint density at radius 1 is 1.11 bits per heavy atom. The number of aryl methyl sites for hydroxylation is 1. The van der Waals surface area contributed by atoms with E-state index in [2.05, 4.69) is 55.6 Å². The van der Waals surface area contributed by atoms with E-state index in [1.165, 1.54) is 9.75 Å². The summed E-state index contributed by atoms with van der Waals surface area (Å²) in [5.74, 6) is -0.0611. The average molecular weight is 480 g/mol. The van der Waals surface area contributed by atoms with Gasteiger partial charge in [0.1, 0.15) is 16.9 Å². The summed E-state index contributed by atoms with van der Waals surface area (Å²) in [5, 5.41) is 11.5. The molecule has 6 rings (SSSR count). The quantitative estimate of drug-likeness (QED) is 0.283. The van der Waals surface area contributed by atoms with E-state index in [1.807, 2.05) is 37.4 Å². The van der Waals surface area contributed by atoms with E-state index in [1.54, 1.807) is 23.7 Å². The highest BCUT2D eigenvalue weighted by Gasteiger charge is 2.16. The number of hydrogen-bond acceptors (Lipinski definition) is 6. The lowest BCUT2D eigenvalue weighted by Gasteiger charge is -2.06. The predicted octanol–water partition coefficient (Wildman–Crippen LogP) is 5.95. The first-order valence-electron chi connectivity index (χ1n) is 11.2. The molecule has 0 radical (unpaired) electrons. The number of rotatable bonds is 5. The Morgan fingerprint density at radius 3 is 2.86 bits per heavy atom. The Kier molecular flexibility index (Phi) is 5.11. The molecule has 1 amide bonds. The smallest absolute Gasteiger partial charge is 0.224 e. The molecule has 3 N–H and O–H groups in total. The lowest BCUT2D eigenvalue weighted by molar-refractivity contribution is -0.115. The summed E-state index contributed by atoms with van der Waals surface area (Å²) in [7, 11) is 0. The zero-order valence-corrected chi connectivity index (χ0v) is 19.9. The monoisotopic (exact) mass is 479 g/mol. The van der Waals surface area contributed by atoms with Gasteiger partial charge < -0.3 is 10.3 Å². The highest BCUT2D eigenvalue weighted by molar-refractivity contribution is 7.15. The van der Waals surface area contributed by atoms with Crippen LogP contribution in [0.4, 0.5) is 5.69 Å². The number of nitrogens with one attached hydrogen (secondary N) is 3. The molecule has 35 heavy (non-hydrogen) atoms. The fourth-order valence-corrected chi connectivity index (χ4v) is 5.00. The second-order valence-corrected chi connectivity index (χ2v) is 9.53. The van der Waals surface area contributed by atoms with Crippen LogP contribution in [0.25, 0.3) is 55.2 Å². The Morgan fingerprint density at radius 2 is 2.03 bits per heavy atom. The van der Waals surface area contributed by atoms with Crippen LogP contribution in [-0.4, -0.2) is 36.0 Å². The van der Waals surface area contributed by atoms with Gasteiger partial charge in [-0.1, -0.05) is 6.92 Å². The van der Waals surface area contributed by atoms with Gasteiger partial charge in [0.2, 0.25) is 5.91 Å². The largest absolute Gasteiger partial charge is 0.338 e. The summed E-state index contributed by atoms with van der Waals surface area (Å²) in [5.41, 5.74) is 7.26. The number of aromatic amines is 2. The van der Waals surface area contributed by atoms with Crippen LogP contribution in [0.3, 0.4) is 0 Å². The zero-order chi connectivity index (χ0) is 23.9. The van der Waals surface area contributed by atoms with E-state index in [-0.39, 0.29) is 5.91 Å². The molecule has 0 aliphatic heterocycles. The Hall–Kier alpha value is -4.37. The van der Waals surface area contributed by atoms with Gasteiger partial charge in [-0.15, -0.1) is 11.3 Å². The molecule has 0 atom stereocenters. The SMILES string of the molecule is CCC(=O)Nc1cncc(-c2ccc3[nH]nc(-c4cc5c(-c6ccc(C)s6)ccnc5[nH]4)c3n2)c1. The van der Waals surface area contributed by atoms with Crippen molar-refractivity contribution in [3.8, 4) is 33.1 Å². The first-order valence-corrected chi connectivity index (χ1v) is 12.1. The lowest BCUT2D eigenvalue weighted by atomic mass is 10.1. The van der Waals surface area contributed by atoms with Gasteiger partial charge in [-0.2, -0.15) is 5.10 Å². The summed E-state index contributed by atoms with van der Waals surface area (Å²) in [6.45, 7) is 3.92. The minimum atomic E-state index is -0.0611. The Bertz CT molecular complexity index is 1710. The molecule has 0 aliphatic rings. The maximum absolute atomic E-state index is 11.8. The number of aromatic nitrogens is 6. The van der Waals surface area contributed by atoms with Gasteiger partial charge >= 0.3 is 0 Å². The highest BCUT2D eigenvalue weighted by atomic mass is 32.1. The van der Waals surface area contributed by atoms with Gasteiger partial charge in [-0.3, -0.25) is 14.9 Å². The van der Waals surface area contributed by atoms with Gasteiger partial charge in [0.15, 0.2) is 0 Å². The molecule has 6 heterocycles. The molecular weight excluding hydrogens is 458 g/mol. The van der Waals surface area contributed by atoms with Crippen molar-refractivity contribution in [1.82, 2.24) is 30.1 Å². The molecule has 0 saturated heterocycles. The number of amides is 1. The second kappa shape index (κ2) is 8.44. The number of pyridine rings is 3. The Balaban J connectivity index is 1.43. The summed E-state index contributed by atoms with van der Waals surface area (Å²) >= 11 is 1.76. The molecule has 0 aromatic carbocycles. The maximum Gasteiger partial charge on any atom is 0.224 e. The Labute approximate surface area is 204 Å². The van der Waals surface area contributed by atoms with Crippen molar-refractivity contribution in [1.29, 1.82) is 0 Å². The summed E-state index contributed by atoms with van der Waals surface area (Å²) in [4.78, 5) is 31.4. The van der Waals surface area contributed by atoms with Crippen molar-refractivity contribution in [2.24, 2.45) is 0 Å². The normalized spacial score (nSPS) is 11.4. The first-order chi connectivity index (χ1) is 17.1. The molecule has 0 bridgehead atoms. The molecule has 0 aliphatic carbocycles. The van der Waals surface area contributed by atoms with Crippen LogP contribution < -0.4 is 5.32 Å². The van der Waals surface area contributed by atoms with Crippen LogP contribution in [0.5, 0.6) is 0 Å². The van der Waals surface area contributed by atoms with Crippen LogP contribution >= 0.6 is 11.3 Å². The van der Waals surface area contributed by atoms with Crippen LogP contribution in [0.1, 0.15) is 18.2 Å². The number of anilines is 1. The number of hydrogen-bond donors (Lipinski definition) is 3. The van der Waals surface area contributed by atoms with Gasteiger partial charge in [-0.05, 0) is 49.4 Å². The lowest BCUT2D eigenvalue weighted by Crippen LogP contribution is -2.09. The van der Waals surface area contributed by atoms with Crippen molar-refractivity contribution >= 4 is 45.0 Å². The number of carbonyl (C=O) groups is 1. The topological polar surface area (TPSA) is 112 Å². The summed E-state index contributed by atoms with van der Waals surface area (Å²) < 4.78 is 0. The molecular formula is C26H21N7OS. The number of carbonyl (C=O) groups excluding carboxylic acids is 1. The molecule has 6 aromatic heterocycles. The van der Waals surface area contributed by atoms with Gasteiger partial charge in [0.25, 0.3) is 0 Å².